The van der Waals surface area contributed by atoms with Crippen molar-refractivity contribution in [1.29, 1.82) is 0 Å². The van der Waals surface area contributed by atoms with E-state index in [0.717, 1.165) is 39.3 Å². The number of hydrogen-bond acceptors (Lipinski definition) is 4. The summed E-state index contributed by atoms with van der Waals surface area (Å²) in [6.45, 7) is 4.56. The van der Waals surface area contributed by atoms with Crippen LogP contribution in [0, 0.1) is 0 Å². The molecule has 0 aliphatic rings. The molecular weight excluding hydrogens is 496 g/mol. The molecule has 0 aliphatic carbocycles. The van der Waals surface area contributed by atoms with Gasteiger partial charge >= 0.3 is 0 Å². The maximum Gasteiger partial charge on any atom is 0.0466 e. The Kier molecular flexibility index (Phi) is 38.7. The predicted octanol–water partition coefficient (Wildman–Crippen LogP) is 10.7. The molecule has 0 atom stereocenters. The molecule has 0 rings (SSSR count). The van der Waals surface area contributed by atoms with Gasteiger partial charge in [0.05, 0.1) is 0 Å². The van der Waals surface area contributed by atoms with E-state index in [1.165, 1.54) is 180 Å². The maximum absolute atomic E-state index is 8.78. The highest BCUT2D eigenvalue weighted by Gasteiger charge is 1.97. The molecule has 0 bridgehead atoms. The molecule has 242 valence electrons. The first-order valence-electron chi connectivity index (χ1n) is 18.3. The summed E-state index contributed by atoms with van der Waals surface area (Å²) in [7, 11) is 0. The Morgan fingerprint density at radius 2 is 0.350 bits per heavy atom. The van der Waals surface area contributed by atoms with Crippen LogP contribution in [0.2, 0.25) is 0 Å². The van der Waals surface area contributed by atoms with Crippen molar-refractivity contribution in [3.8, 4) is 0 Å². The fourth-order valence-electron chi connectivity index (χ4n) is 5.49. The quantitative estimate of drug-likeness (QED) is 0.0729. The molecule has 0 aromatic heterocycles. The first-order chi connectivity index (χ1) is 19.9. The molecule has 0 aromatic carbocycles. The summed E-state index contributed by atoms with van der Waals surface area (Å²) in [5.74, 6) is 0. The Labute approximate surface area is 251 Å². The van der Waals surface area contributed by atoms with Crippen molar-refractivity contribution in [3.63, 3.8) is 0 Å². The summed E-state index contributed by atoms with van der Waals surface area (Å²) in [4.78, 5) is 0. The normalized spacial score (nSPS) is 11.6. The van der Waals surface area contributed by atoms with Crippen molar-refractivity contribution >= 4 is 0 Å². The number of rotatable bonds is 37. The molecule has 0 saturated carbocycles. The van der Waals surface area contributed by atoms with Gasteiger partial charge in [0.15, 0.2) is 0 Å². The van der Waals surface area contributed by atoms with Crippen LogP contribution in [0.1, 0.15) is 193 Å². The van der Waals surface area contributed by atoms with Crippen molar-refractivity contribution in [2.45, 2.75) is 193 Å². The Bertz CT molecular complexity index is 380. The zero-order valence-corrected chi connectivity index (χ0v) is 27.2. The standard InChI is InChI=1S/C36H74O4/c37-31-25-19-13-7-1-3-9-15-21-27-33-39-35-29-23-17-11-5-6-12-18-24-30-36-40-34-28-22-16-10-4-2-8-14-20-26-32-38/h37-38H,1-36H2. The lowest BCUT2D eigenvalue weighted by Gasteiger charge is -2.06. The molecule has 40 heavy (non-hydrogen) atoms. The monoisotopic (exact) mass is 571 g/mol. The summed E-state index contributed by atoms with van der Waals surface area (Å²) < 4.78 is 11.7. The van der Waals surface area contributed by atoms with Crippen LogP contribution in [0.3, 0.4) is 0 Å². The summed E-state index contributed by atoms with van der Waals surface area (Å²) in [5.41, 5.74) is 0. The molecule has 0 spiro atoms. The van der Waals surface area contributed by atoms with E-state index in [2.05, 4.69) is 0 Å². The third kappa shape index (κ3) is 37.8. The van der Waals surface area contributed by atoms with Crippen LogP contribution >= 0.6 is 0 Å². The van der Waals surface area contributed by atoms with E-state index in [1.54, 1.807) is 0 Å². The fraction of sp³-hybridized carbons (Fsp3) is 1.00. The lowest BCUT2D eigenvalue weighted by atomic mass is 10.1. The Balaban J connectivity index is 3.01. The number of ether oxygens (including phenoxy) is 2. The third-order valence-electron chi connectivity index (χ3n) is 8.22. The van der Waals surface area contributed by atoms with Gasteiger partial charge in [-0.05, 0) is 38.5 Å². The van der Waals surface area contributed by atoms with E-state index in [0.29, 0.717) is 13.2 Å². The van der Waals surface area contributed by atoms with Crippen LogP contribution in [-0.2, 0) is 9.47 Å². The second kappa shape index (κ2) is 38.8. The molecule has 0 fully saturated rings. The average Bonchev–Trinajstić information content (AvgIpc) is 2.97. The zero-order chi connectivity index (χ0) is 28.9. The molecular formula is C36H74O4. The summed E-state index contributed by atoms with van der Waals surface area (Å²) in [6.07, 6.45) is 39.2. The molecule has 0 radical (unpaired) electrons. The summed E-state index contributed by atoms with van der Waals surface area (Å²) in [6, 6.07) is 0. The van der Waals surface area contributed by atoms with Gasteiger partial charge in [-0.15, -0.1) is 0 Å². The van der Waals surface area contributed by atoms with Gasteiger partial charge in [0.25, 0.3) is 0 Å². The minimum atomic E-state index is 0.357. The van der Waals surface area contributed by atoms with E-state index < -0.39 is 0 Å². The van der Waals surface area contributed by atoms with Crippen molar-refractivity contribution in [3.05, 3.63) is 0 Å². The molecule has 2 N–H and O–H groups in total. The number of aliphatic hydroxyl groups is 2. The van der Waals surface area contributed by atoms with Crippen molar-refractivity contribution in [1.82, 2.24) is 0 Å². The maximum atomic E-state index is 8.78. The molecule has 0 aromatic rings. The van der Waals surface area contributed by atoms with Crippen LogP contribution in [0.15, 0.2) is 0 Å². The lowest BCUT2D eigenvalue weighted by molar-refractivity contribution is 0.125. The SMILES string of the molecule is OCCCCCCCCCCCCOCCCCCCCCCCCCOCCCCCCCCCCCCO. The molecule has 0 saturated heterocycles. The van der Waals surface area contributed by atoms with Crippen LogP contribution in [0.25, 0.3) is 0 Å². The number of hydrogen-bond donors (Lipinski definition) is 2. The predicted molar refractivity (Wildman–Crippen MR) is 174 cm³/mol. The highest BCUT2D eigenvalue weighted by Crippen LogP contribution is 2.13. The summed E-state index contributed by atoms with van der Waals surface area (Å²) in [5, 5.41) is 17.6. The minimum absolute atomic E-state index is 0.357. The van der Waals surface area contributed by atoms with Crippen molar-refractivity contribution < 1.29 is 19.7 Å². The second-order valence-electron chi connectivity index (χ2n) is 12.3. The van der Waals surface area contributed by atoms with Gasteiger partial charge in [0, 0.05) is 39.6 Å². The topological polar surface area (TPSA) is 58.9 Å². The third-order valence-corrected chi connectivity index (χ3v) is 8.22. The van der Waals surface area contributed by atoms with Crippen molar-refractivity contribution in [2.24, 2.45) is 0 Å². The fourth-order valence-corrected chi connectivity index (χ4v) is 5.49. The highest BCUT2D eigenvalue weighted by molar-refractivity contribution is 4.51. The van der Waals surface area contributed by atoms with E-state index in [1.807, 2.05) is 0 Å². The van der Waals surface area contributed by atoms with Gasteiger partial charge in [0.1, 0.15) is 0 Å². The summed E-state index contributed by atoms with van der Waals surface area (Å²) >= 11 is 0. The van der Waals surface area contributed by atoms with Crippen molar-refractivity contribution in [2.75, 3.05) is 39.6 Å². The highest BCUT2D eigenvalue weighted by atomic mass is 16.5. The average molecular weight is 571 g/mol. The van der Waals surface area contributed by atoms with Crippen LogP contribution in [0.4, 0.5) is 0 Å². The number of unbranched alkanes of at least 4 members (excludes halogenated alkanes) is 27. The first-order valence-corrected chi connectivity index (χ1v) is 18.3. The van der Waals surface area contributed by atoms with Gasteiger partial charge in [-0.2, -0.15) is 0 Å². The van der Waals surface area contributed by atoms with E-state index in [-0.39, 0.29) is 0 Å². The smallest absolute Gasteiger partial charge is 0.0466 e. The molecule has 0 amide bonds. The van der Waals surface area contributed by atoms with Crippen LogP contribution < -0.4 is 0 Å². The van der Waals surface area contributed by atoms with Crippen LogP contribution in [-0.4, -0.2) is 49.9 Å². The Morgan fingerprint density at radius 3 is 0.525 bits per heavy atom. The van der Waals surface area contributed by atoms with Gasteiger partial charge in [-0.3, -0.25) is 0 Å². The van der Waals surface area contributed by atoms with Gasteiger partial charge in [-0.1, -0.05) is 154 Å². The van der Waals surface area contributed by atoms with E-state index >= 15 is 0 Å². The largest absolute Gasteiger partial charge is 0.396 e. The molecule has 0 aliphatic heterocycles. The zero-order valence-electron chi connectivity index (χ0n) is 27.2. The Morgan fingerprint density at radius 1 is 0.200 bits per heavy atom. The van der Waals surface area contributed by atoms with E-state index in [9.17, 15) is 0 Å². The lowest BCUT2D eigenvalue weighted by Crippen LogP contribution is -1.97. The first kappa shape index (κ1) is 39.8. The van der Waals surface area contributed by atoms with Gasteiger partial charge < -0.3 is 19.7 Å². The van der Waals surface area contributed by atoms with E-state index in [4.69, 9.17) is 19.7 Å². The molecule has 0 unspecified atom stereocenters. The van der Waals surface area contributed by atoms with Crippen LogP contribution in [0.5, 0.6) is 0 Å². The van der Waals surface area contributed by atoms with Gasteiger partial charge in [-0.25, -0.2) is 0 Å². The Hall–Kier alpha value is -0.160. The molecule has 4 nitrogen and oxygen atoms in total. The second-order valence-corrected chi connectivity index (χ2v) is 12.3. The number of aliphatic hydroxyl groups excluding tert-OH is 2. The molecule has 4 heteroatoms. The molecule has 0 heterocycles. The van der Waals surface area contributed by atoms with Gasteiger partial charge in [0.2, 0.25) is 0 Å². The minimum Gasteiger partial charge on any atom is -0.396 e.